The van der Waals surface area contributed by atoms with Crippen molar-refractivity contribution < 1.29 is 23.5 Å². The van der Waals surface area contributed by atoms with Crippen LogP contribution < -0.4 is 0 Å². The summed E-state index contributed by atoms with van der Waals surface area (Å²) >= 11 is 0. The zero-order valence-electron chi connectivity index (χ0n) is 19.4. The standard InChI is InChI=1S/C27H27N3O5/c31-23-10-6-11-24-26(23)22(18-35-24)27(33)30-15-21(34-17-20-9-4-5-12-28-20)14-29(25(32)16-30)13-19-7-2-1-3-8-19/h1-5,7-9,12,18,21H,6,10-11,13-17H2. The lowest BCUT2D eigenvalue weighted by atomic mass is 9.93. The second-order valence-corrected chi connectivity index (χ2v) is 8.92. The molecule has 5 rings (SSSR count). The molecule has 2 aromatic heterocycles. The normalized spacial score (nSPS) is 18.3. The number of nitrogens with zero attached hydrogens (tertiary/aromatic N) is 3. The van der Waals surface area contributed by atoms with Crippen molar-refractivity contribution >= 4 is 17.6 Å². The number of ether oxygens (including phenoxy) is 1. The molecule has 1 fully saturated rings. The van der Waals surface area contributed by atoms with Crippen molar-refractivity contribution in [3.8, 4) is 0 Å². The molecule has 1 aliphatic heterocycles. The summed E-state index contributed by atoms with van der Waals surface area (Å²) in [4.78, 5) is 46.8. The lowest BCUT2D eigenvalue weighted by Crippen LogP contribution is -2.40. The van der Waals surface area contributed by atoms with Gasteiger partial charge in [0.15, 0.2) is 5.78 Å². The summed E-state index contributed by atoms with van der Waals surface area (Å²) in [5.41, 5.74) is 2.37. The van der Waals surface area contributed by atoms with Gasteiger partial charge in [-0.3, -0.25) is 19.4 Å². The highest BCUT2D eigenvalue weighted by molar-refractivity contribution is 6.09. The fourth-order valence-electron chi connectivity index (χ4n) is 4.63. The molecule has 2 aliphatic rings. The fraction of sp³-hybridized carbons (Fsp3) is 0.333. The Morgan fingerprint density at radius 3 is 2.69 bits per heavy atom. The number of hydrogen-bond acceptors (Lipinski definition) is 6. The van der Waals surface area contributed by atoms with E-state index in [4.69, 9.17) is 9.15 Å². The van der Waals surface area contributed by atoms with Crippen LogP contribution in [0, 0.1) is 0 Å². The molecule has 180 valence electrons. The summed E-state index contributed by atoms with van der Waals surface area (Å²) in [6, 6.07) is 15.3. The van der Waals surface area contributed by atoms with Crippen molar-refractivity contribution in [3.63, 3.8) is 0 Å². The Morgan fingerprint density at radius 1 is 1.06 bits per heavy atom. The summed E-state index contributed by atoms with van der Waals surface area (Å²) in [5.74, 6) is -0.0843. The first-order chi connectivity index (χ1) is 17.1. The van der Waals surface area contributed by atoms with E-state index in [1.807, 2.05) is 48.5 Å². The van der Waals surface area contributed by atoms with Gasteiger partial charge in [0.25, 0.3) is 5.91 Å². The van der Waals surface area contributed by atoms with Crippen LogP contribution in [0.1, 0.15) is 50.6 Å². The molecule has 0 spiro atoms. The maximum atomic E-state index is 13.5. The number of aryl methyl sites for hydroxylation is 1. The monoisotopic (exact) mass is 473 g/mol. The first kappa shape index (κ1) is 23.0. The van der Waals surface area contributed by atoms with Crippen molar-refractivity contribution in [3.05, 3.63) is 89.1 Å². The van der Waals surface area contributed by atoms with Crippen LogP contribution in [-0.2, 0) is 29.1 Å². The van der Waals surface area contributed by atoms with Crippen LogP contribution in [0.4, 0.5) is 0 Å². The van der Waals surface area contributed by atoms with Gasteiger partial charge in [-0.1, -0.05) is 36.4 Å². The van der Waals surface area contributed by atoms with Crippen LogP contribution in [0.3, 0.4) is 0 Å². The zero-order valence-corrected chi connectivity index (χ0v) is 19.4. The van der Waals surface area contributed by atoms with Gasteiger partial charge in [-0.25, -0.2) is 0 Å². The molecular formula is C27H27N3O5. The van der Waals surface area contributed by atoms with E-state index in [9.17, 15) is 14.4 Å². The highest BCUT2D eigenvalue weighted by Gasteiger charge is 2.35. The summed E-state index contributed by atoms with van der Waals surface area (Å²) < 4.78 is 11.7. The molecule has 1 aliphatic carbocycles. The van der Waals surface area contributed by atoms with Crippen molar-refractivity contribution in [2.75, 3.05) is 19.6 Å². The maximum Gasteiger partial charge on any atom is 0.258 e. The summed E-state index contributed by atoms with van der Waals surface area (Å²) in [7, 11) is 0. The first-order valence-electron chi connectivity index (χ1n) is 11.8. The van der Waals surface area contributed by atoms with E-state index in [1.54, 1.807) is 11.1 Å². The molecule has 35 heavy (non-hydrogen) atoms. The Labute approximate surface area is 203 Å². The Morgan fingerprint density at radius 2 is 1.89 bits per heavy atom. The van der Waals surface area contributed by atoms with Crippen molar-refractivity contribution in [1.29, 1.82) is 0 Å². The third kappa shape index (κ3) is 5.17. The molecule has 3 heterocycles. The van der Waals surface area contributed by atoms with Gasteiger partial charge in [0.1, 0.15) is 18.6 Å². The van der Waals surface area contributed by atoms with E-state index in [0.29, 0.717) is 43.7 Å². The highest BCUT2D eigenvalue weighted by Crippen LogP contribution is 2.28. The van der Waals surface area contributed by atoms with Crippen molar-refractivity contribution in [2.45, 2.75) is 38.5 Å². The van der Waals surface area contributed by atoms with E-state index < -0.39 is 6.10 Å². The third-order valence-electron chi connectivity index (χ3n) is 6.41. The molecule has 1 unspecified atom stereocenters. The second-order valence-electron chi connectivity index (χ2n) is 8.92. The molecule has 0 bridgehead atoms. The topological polar surface area (TPSA) is 93.0 Å². The van der Waals surface area contributed by atoms with Gasteiger partial charge in [-0.2, -0.15) is 0 Å². The molecule has 0 saturated carbocycles. The van der Waals surface area contributed by atoms with E-state index >= 15 is 0 Å². The molecule has 0 N–H and O–H groups in total. The zero-order chi connectivity index (χ0) is 24.2. The number of furan rings is 1. The van der Waals surface area contributed by atoms with Gasteiger partial charge in [-0.15, -0.1) is 0 Å². The minimum absolute atomic E-state index is 0.0850. The number of carbonyl (C=O) groups excluding carboxylic acids is 3. The Hall–Kier alpha value is -3.78. The van der Waals surface area contributed by atoms with Gasteiger partial charge in [0, 0.05) is 38.7 Å². The van der Waals surface area contributed by atoms with Crippen LogP contribution >= 0.6 is 0 Å². The van der Waals surface area contributed by atoms with Crippen LogP contribution in [0.2, 0.25) is 0 Å². The van der Waals surface area contributed by atoms with Gasteiger partial charge in [0.2, 0.25) is 5.91 Å². The quantitative estimate of drug-likeness (QED) is 0.546. The second kappa shape index (κ2) is 10.2. The number of benzene rings is 1. The number of aromatic nitrogens is 1. The Balaban J connectivity index is 1.38. The van der Waals surface area contributed by atoms with E-state index in [1.165, 1.54) is 11.2 Å². The third-order valence-corrected chi connectivity index (χ3v) is 6.41. The minimum Gasteiger partial charge on any atom is -0.468 e. The predicted molar refractivity (Wildman–Crippen MR) is 127 cm³/mol. The number of ketones is 1. The van der Waals surface area contributed by atoms with Crippen molar-refractivity contribution in [1.82, 2.24) is 14.8 Å². The number of pyridine rings is 1. The summed E-state index contributed by atoms with van der Waals surface area (Å²) in [5, 5.41) is 0. The van der Waals surface area contributed by atoms with E-state index in [0.717, 1.165) is 11.3 Å². The predicted octanol–water partition coefficient (Wildman–Crippen LogP) is 3.26. The number of hydrogen-bond donors (Lipinski definition) is 0. The molecule has 0 radical (unpaired) electrons. The lowest BCUT2D eigenvalue weighted by molar-refractivity contribution is -0.132. The fourth-order valence-corrected chi connectivity index (χ4v) is 4.63. The summed E-state index contributed by atoms with van der Waals surface area (Å²) in [6.45, 7) is 1.15. The smallest absolute Gasteiger partial charge is 0.258 e. The Kier molecular flexibility index (Phi) is 6.72. The molecule has 1 saturated heterocycles. The highest BCUT2D eigenvalue weighted by atomic mass is 16.5. The van der Waals surface area contributed by atoms with Crippen molar-refractivity contribution in [2.24, 2.45) is 0 Å². The number of fused-ring (bicyclic) bond motifs is 1. The van der Waals surface area contributed by atoms with Crippen LogP contribution in [-0.4, -0.2) is 58.1 Å². The molecule has 1 atom stereocenters. The van der Waals surface area contributed by atoms with Crippen LogP contribution in [0.25, 0.3) is 0 Å². The van der Waals surface area contributed by atoms with Gasteiger partial charge >= 0.3 is 0 Å². The van der Waals surface area contributed by atoms with Crippen LogP contribution in [0.15, 0.2) is 65.4 Å². The number of rotatable bonds is 6. The average Bonchev–Trinajstić information content (AvgIpc) is 3.26. The van der Waals surface area contributed by atoms with Gasteiger partial charge in [0.05, 0.1) is 29.5 Å². The first-order valence-corrected chi connectivity index (χ1v) is 11.8. The number of amides is 2. The molecule has 8 heteroatoms. The van der Waals surface area contributed by atoms with Crippen LogP contribution in [0.5, 0.6) is 0 Å². The lowest BCUT2D eigenvalue weighted by Gasteiger charge is -2.25. The minimum atomic E-state index is -0.422. The van der Waals surface area contributed by atoms with Gasteiger partial charge < -0.3 is 19.0 Å². The number of Topliss-reactive ketones (excluding diaryl/α,β-unsaturated/α-hetero) is 1. The number of carbonyl (C=O) groups is 3. The average molecular weight is 474 g/mol. The molecule has 2 amide bonds. The van der Waals surface area contributed by atoms with E-state index in [-0.39, 0.29) is 42.9 Å². The molecular weight excluding hydrogens is 446 g/mol. The SMILES string of the molecule is O=C1CCCc2occ(C(=O)N3CC(=O)N(Cc4ccccc4)CC(OCc4ccccn4)C3)c21. The largest absolute Gasteiger partial charge is 0.468 e. The Bertz CT molecular complexity index is 1210. The summed E-state index contributed by atoms with van der Waals surface area (Å²) in [6.07, 6.45) is 4.38. The van der Waals surface area contributed by atoms with E-state index in [2.05, 4.69) is 4.98 Å². The molecule has 8 nitrogen and oxygen atoms in total. The van der Waals surface area contributed by atoms with Gasteiger partial charge in [-0.05, 0) is 24.1 Å². The molecule has 3 aromatic rings. The molecule has 1 aromatic carbocycles. The maximum absolute atomic E-state index is 13.5.